The Balaban J connectivity index is 2.07. The predicted octanol–water partition coefficient (Wildman–Crippen LogP) is 0.620. The van der Waals surface area contributed by atoms with Crippen LogP contribution in [0, 0.1) is 5.92 Å². The second kappa shape index (κ2) is 8.51. The Bertz CT molecular complexity index is 271. The zero-order valence-electron chi connectivity index (χ0n) is 12.4. The van der Waals surface area contributed by atoms with Gasteiger partial charge in [-0.1, -0.05) is 6.92 Å². The molecule has 0 saturated carbocycles. The third kappa shape index (κ3) is 6.89. The van der Waals surface area contributed by atoms with E-state index in [1.165, 1.54) is 0 Å². The van der Waals surface area contributed by atoms with Crippen molar-refractivity contribution in [3.05, 3.63) is 0 Å². The fourth-order valence-corrected chi connectivity index (χ4v) is 2.14. The van der Waals surface area contributed by atoms with Gasteiger partial charge in [-0.15, -0.1) is 0 Å². The van der Waals surface area contributed by atoms with Crippen LogP contribution in [0.5, 0.6) is 0 Å². The van der Waals surface area contributed by atoms with Gasteiger partial charge in [-0.25, -0.2) is 0 Å². The Labute approximate surface area is 116 Å². The van der Waals surface area contributed by atoms with Gasteiger partial charge in [0.15, 0.2) is 0 Å². The molecule has 0 aromatic heterocycles. The number of likely N-dealkylation sites (tertiary alicyclic amines) is 1. The molecule has 0 aromatic rings. The van der Waals surface area contributed by atoms with Gasteiger partial charge in [-0.2, -0.15) is 0 Å². The van der Waals surface area contributed by atoms with Crippen LogP contribution in [-0.2, 0) is 9.53 Å². The Morgan fingerprint density at radius 1 is 1.53 bits per heavy atom. The summed E-state index contributed by atoms with van der Waals surface area (Å²) in [7, 11) is 0. The number of piperidine rings is 1. The number of β-amino-alcohol motifs (C(OH)–C–C–N with tert-alkyl or cyclic N) is 1. The minimum atomic E-state index is -0.305. The van der Waals surface area contributed by atoms with E-state index in [0.717, 1.165) is 19.4 Å². The monoisotopic (exact) mass is 272 g/mol. The number of rotatable bonds is 7. The molecule has 1 amide bonds. The van der Waals surface area contributed by atoms with Crippen LogP contribution in [0.3, 0.4) is 0 Å². The van der Waals surface area contributed by atoms with E-state index in [9.17, 15) is 9.90 Å². The van der Waals surface area contributed by atoms with Crippen LogP contribution in [0.4, 0.5) is 0 Å². The van der Waals surface area contributed by atoms with Gasteiger partial charge in [-0.3, -0.25) is 9.69 Å². The number of aliphatic hydroxyl groups is 1. The molecule has 19 heavy (non-hydrogen) atoms. The van der Waals surface area contributed by atoms with Gasteiger partial charge in [-0.05, 0) is 39.2 Å². The standard InChI is InChI=1S/C14H28N2O3/c1-11(2)19-8-4-6-15-14(18)10-16-7-5-12(3)13(17)9-16/h11-13,17H,4-10H2,1-3H3,(H,15,18). The SMILES string of the molecule is CC(C)OCCCNC(=O)CN1CCC(C)C(O)C1. The summed E-state index contributed by atoms with van der Waals surface area (Å²) in [4.78, 5) is 13.7. The van der Waals surface area contributed by atoms with Crippen molar-refractivity contribution in [1.82, 2.24) is 10.2 Å². The number of hydrogen-bond acceptors (Lipinski definition) is 4. The van der Waals surface area contributed by atoms with E-state index in [4.69, 9.17) is 4.74 Å². The van der Waals surface area contributed by atoms with Crippen LogP contribution in [0.15, 0.2) is 0 Å². The maximum Gasteiger partial charge on any atom is 0.234 e. The number of hydrogen-bond donors (Lipinski definition) is 2. The summed E-state index contributed by atoms with van der Waals surface area (Å²) in [6.07, 6.45) is 1.73. The van der Waals surface area contributed by atoms with E-state index in [1.54, 1.807) is 0 Å². The Morgan fingerprint density at radius 2 is 2.26 bits per heavy atom. The maximum atomic E-state index is 11.7. The van der Waals surface area contributed by atoms with Crippen LogP contribution >= 0.6 is 0 Å². The smallest absolute Gasteiger partial charge is 0.234 e. The molecule has 1 aliphatic rings. The highest BCUT2D eigenvalue weighted by atomic mass is 16.5. The van der Waals surface area contributed by atoms with E-state index in [1.807, 2.05) is 18.7 Å². The van der Waals surface area contributed by atoms with Crippen molar-refractivity contribution in [3.63, 3.8) is 0 Å². The molecule has 0 aliphatic carbocycles. The number of ether oxygens (including phenoxy) is 1. The van der Waals surface area contributed by atoms with E-state index < -0.39 is 0 Å². The summed E-state index contributed by atoms with van der Waals surface area (Å²) in [5.41, 5.74) is 0. The lowest BCUT2D eigenvalue weighted by Gasteiger charge is -2.33. The molecule has 1 rings (SSSR count). The number of nitrogens with one attached hydrogen (secondary N) is 1. The lowest BCUT2D eigenvalue weighted by Crippen LogP contribution is -2.47. The molecule has 2 N–H and O–H groups in total. The summed E-state index contributed by atoms with van der Waals surface area (Å²) in [6.45, 7) is 9.26. The highest BCUT2D eigenvalue weighted by molar-refractivity contribution is 5.77. The van der Waals surface area contributed by atoms with Crippen LogP contribution < -0.4 is 5.32 Å². The van der Waals surface area contributed by atoms with Gasteiger partial charge in [0.2, 0.25) is 5.91 Å². The zero-order valence-corrected chi connectivity index (χ0v) is 12.4. The molecule has 0 radical (unpaired) electrons. The van der Waals surface area contributed by atoms with Gasteiger partial charge in [0.25, 0.3) is 0 Å². The average Bonchev–Trinajstić information content (AvgIpc) is 2.33. The number of carbonyl (C=O) groups is 1. The van der Waals surface area contributed by atoms with Gasteiger partial charge < -0.3 is 15.2 Å². The fraction of sp³-hybridized carbons (Fsp3) is 0.929. The summed E-state index contributed by atoms with van der Waals surface area (Å²) >= 11 is 0. The largest absolute Gasteiger partial charge is 0.392 e. The topological polar surface area (TPSA) is 61.8 Å². The van der Waals surface area contributed by atoms with Crippen molar-refractivity contribution in [3.8, 4) is 0 Å². The van der Waals surface area contributed by atoms with E-state index in [2.05, 4.69) is 12.2 Å². The molecule has 5 nitrogen and oxygen atoms in total. The first-order chi connectivity index (χ1) is 8.99. The van der Waals surface area contributed by atoms with Gasteiger partial charge >= 0.3 is 0 Å². The number of nitrogens with zero attached hydrogens (tertiary/aromatic N) is 1. The van der Waals surface area contributed by atoms with Crippen LogP contribution in [-0.4, -0.2) is 60.9 Å². The Hall–Kier alpha value is -0.650. The molecule has 0 spiro atoms. The van der Waals surface area contributed by atoms with Crippen molar-refractivity contribution in [1.29, 1.82) is 0 Å². The minimum absolute atomic E-state index is 0.0336. The lowest BCUT2D eigenvalue weighted by atomic mass is 9.96. The summed E-state index contributed by atoms with van der Waals surface area (Å²) in [5.74, 6) is 0.374. The quantitative estimate of drug-likeness (QED) is 0.667. The van der Waals surface area contributed by atoms with Gasteiger partial charge in [0.1, 0.15) is 0 Å². The van der Waals surface area contributed by atoms with Crippen molar-refractivity contribution < 1.29 is 14.6 Å². The molecule has 0 bridgehead atoms. The molecule has 112 valence electrons. The van der Waals surface area contributed by atoms with Crippen LogP contribution in [0.25, 0.3) is 0 Å². The molecule has 2 atom stereocenters. The van der Waals surface area contributed by atoms with Crippen LogP contribution in [0.1, 0.15) is 33.6 Å². The van der Waals surface area contributed by atoms with Crippen LogP contribution in [0.2, 0.25) is 0 Å². The first-order valence-corrected chi connectivity index (χ1v) is 7.27. The van der Waals surface area contributed by atoms with Crippen molar-refractivity contribution >= 4 is 5.91 Å². The molecule has 1 heterocycles. The summed E-state index contributed by atoms with van der Waals surface area (Å²) in [5, 5.41) is 12.7. The van der Waals surface area contributed by atoms with E-state index >= 15 is 0 Å². The highest BCUT2D eigenvalue weighted by Gasteiger charge is 2.25. The fourth-order valence-electron chi connectivity index (χ4n) is 2.14. The first kappa shape index (κ1) is 16.4. The van der Waals surface area contributed by atoms with Crippen molar-refractivity contribution in [2.24, 2.45) is 5.92 Å². The maximum absolute atomic E-state index is 11.7. The number of aliphatic hydroxyl groups excluding tert-OH is 1. The summed E-state index contributed by atoms with van der Waals surface area (Å²) in [6, 6.07) is 0. The molecule has 1 saturated heterocycles. The molecule has 2 unspecified atom stereocenters. The first-order valence-electron chi connectivity index (χ1n) is 7.27. The van der Waals surface area contributed by atoms with Gasteiger partial charge in [0.05, 0.1) is 18.8 Å². The molecular formula is C14H28N2O3. The second-order valence-corrected chi connectivity index (χ2v) is 5.69. The van der Waals surface area contributed by atoms with E-state index in [-0.39, 0.29) is 18.1 Å². The molecule has 5 heteroatoms. The lowest BCUT2D eigenvalue weighted by molar-refractivity contribution is -0.123. The Morgan fingerprint density at radius 3 is 2.89 bits per heavy atom. The summed E-state index contributed by atoms with van der Waals surface area (Å²) < 4.78 is 5.40. The third-order valence-electron chi connectivity index (χ3n) is 3.46. The second-order valence-electron chi connectivity index (χ2n) is 5.69. The van der Waals surface area contributed by atoms with Gasteiger partial charge in [0, 0.05) is 19.7 Å². The average molecular weight is 272 g/mol. The highest BCUT2D eigenvalue weighted by Crippen LogP contribution is 2.16. The molecule has 1 fully saturated rings. The minimum Gasteiger partial charge on any atom is -0.392 e. The number of carbonyl (C=O) groups excluding carboxylic acids is 1. The zero-order chi connectivity index (χ0) is 14.3. The Kier molecular flexibility index (Phi) is 7.34. The number of amides is 1. The van der Waals surface area contributed by atoms with Crippen molar-refractivity contribution in [2.75, 3.05) is 32.8 Å². The molecular weight excluding hydrogens is 244 g/mol. The molecule has 1 aliphatic heterocycles. The van der Waals surface area contributed by atoms with E-state index in [0.29, 0.717) is 32.2 Å². The molecule has 0 aromatic carbocycles. The third-order valence-corrected chi connectivity index (χ3v) is 3.46. The predicted molar refractivity (Wildman–Crippen MR) is 74.9 cm³/mol. The van der Waals surface area contributed by atoms with Crippen molar-refractivity contribution in [2.45, 2.75) is 45.8 Å². The normalized spacial score (nSPS) is 24.7.